The molecule has 1 aliphatic heterocycles. The predicted octanol–water partition coefficient (Wildman–Crippen LogP) is 3.50. The molecular weight excluding hydrogens is 250 g/mol. The van der Waals surface area contributed by atoms with Gasteiger partial charge in [0.05, 0.1) is 5.69 Å². The van der Waals surface area contributed by atoms with E-state index in [1.165, 1.54) is 6.42 Å². The van der Waals surface area contributed by atoms with Crippen molar-refractivity contribution < 1.29 is 4.79 Å². The number of pyridine rings is 1. The molecule has 2 aromatic rings. The average Bonchev–Trinajstić information content (AvgIpc) is 2.47. The van der Waals surface area contributed by atoms with E-state index < -0.39 is 0 Å². The van der Waals surface area contributed by atoms with Gasteiger partial charge in [-0.3, -0.25) is 4.98 Å². The van der Waals surface area contributed by atoms with Crippen LogP contribution in [0.1, 0.15) is 19.8 Å². The third kappa shape index (κ3) is 2.59. The van der Waals surface area contributed by atoms with Crippen LogP contribution in [0.25, 0.3) is 10.8 Å². The molecule has 3 rings (SSSR count). The van der Waals surface area contributed by atoms with Crippen molar-refractivity contribution in [2.45, 2.75) is 19.8 Å². The molecule has 2 amide bonds. The molecular formula is C16H19N3O. The second kappa shape index (κ2) is 5.49. The highest BCUT2D eigenvalue weighted by molar-refractivity contribution is 6.01. The van der Waals surface area contributed by atoms with Crippen LogP contribution in [-0.4, -0.2) is 29.0 Å². The number of nitrogens with one attached hydrogen (secondary N) is 1. The van der Waals surface area contributed by atoms with Crippen molar-refractivity contribution in [1.29, 1.82) is 0 Å². The van der Waals surface area contributed by atoms with Crippen molar-refractivity contribution in [2.24, 2.45) is 5.92 Å². The fourth-order valence-corrected chi connectivity index (χ4v) is 2.79. The van der Waals surface area contributed by atoms with Crippen molar-refractivity contribution in [3.63, 3.8) is 0 Å². The van der Waals surface area contributed by atoms with Crippen LogP contribution in [0.2, 0.25) is 0 Å². The third-order valence-electron chi connectivity index (χ3n) is 3.87. The quantitative estimate of drug-likeness (QED) is 0.861. The van der Waals surface area contributed by atoms with E-state index in [1.54, 1.807) is 12.4 Å². The molecule has 1 fully saturated rings. The number of likely N-dealkylation sites (tertiary alicyclic amines) is 1. The number of carbonyl (C=O) groups is 1. The minimum atomic E-state index is -0.00657. The number of fused-ring (bicyclic) bond motifs is 1. The number of rotatable bonds is 1. The lowest BCUT2D eigenvalue weighted by molar-refractivity contribution is 0.182. The molecule has 0 aliphatic carbocycles. The Morgan fingerprint density at radius 3 is 3.15 bits per heavy atom. The Hall–Kier alpha value is -2.10. The fraction of sp³-hybridized carbons (Fsp3) is 0.375. The second-order valence-corrected chi connectivity index (χ2v) is 5.53. The van der Waals surface area contributed by atoms with Crippen molar-refractivity contribution in [1.82, 2.24) is 9.88 Å². The van der Waals surface area contributed by atoms with Gasteiger partial charge >= 0.3 is 6.03 Å². The number of carbonyl (C=O) groups excluding carboxylic acids is 1. The summed E-state index contributed by atoms with van der Waals surface area (Å²) in [6, 6.07) is 7.85. The number of hydrogen-bond donors (Lipinski definition) is 1. The zero-order valence-electron chi connectivity index (χ0n) is 11.7. The van der Waals surface area contributed by atoms with Crippen molar-refractivity contribution in [2.75, 3.05) is 18.4 Å². The number of aromatic nitrogens is 1. The summed E-state index contributed by atoms with van der Waals surface area (Å²) in [4.78, 5) is 18.4. The highest BCUT2D eigenvalue weighted by Gasteiger charge is 2.21. The summed E-state index contributed by atoms with van der Waals surface area (Å²) < 4.78 is 0. The fourth-order valence-electron chi connectivity index (χ4n) is 2.79. The first-order chi connectivity index (χ1) is 9.74. The first-order valence-corrected chi connectivity index (χ1v) is 7.13. The molecule has 2 heterocycles. The number of benzene rings is 1. The first kappa shape index (κ1) is 12.9. The van der Waals surface area contributed by atoms with Crippen LogP contribution in [0.5, 0.6) is 0 Å². The molecule has 1 aliphatic rings. The Kier molecular flexibility index (Phi) is 3.54. The summed E-state index contributed by atoms with van der Waals surface area (Å²) in [7, 11) is 0. The summed E-state index contributed by atoms with van der Waals surface area (Å²) in [5, 5.41) is 5.09. The average molecular weight is 269 g/mol. The molecule has 4 nitrogen and oxygen atoms in total. The highest BCUT2D eigenvalue weighted by Crippen LogP contribution is 2.23. The topological polar surface area (TPSA) is 45.2 Å². The van der Waals surface area contributed by atoms with E-state index in [9.17, 15) is 4.79 Å². The number of anilines is 1. The molecule has 1 aromatic heterocycles. The van der Waals surface area contributed by atoms with Crippen LogP contribution in [0, 0.1) is 5.92 Å². The maximum atomic E-state index is 12.4. The molecule has 0 saturated carbocycles. The predicted molar refractivity (Wildman–Crippen MR) is 80.7 cm³/mol. The first-order valence-electron chi connectivity index (χ1n) is 7.13. The summed E-state index contributed by atoms with van der Waals surface area (Å²) >= 11 is 0. The van der Waals surface area contributed by atoms with Gasteiger partial charge in [-0.2, -0.15) is 0 Å². The van der Waals surface area contributed by atoms with Gasteiger partial charge in [0.15, 0.2) is 0 Å². The molecule has 1 unspecified atom stereocenters. The third-order valence-corrected chi connectivity index (χ3v) is 3.87. The summed E-state index contributed by atoms with van der Waals surface area (Å²) in [5.41, 5.74) is 0.832. The molecule has 0 radical (unpaired) electrons. The van der Waals surface area contributed by atoms with Crippen molar-refractivity contribution >= 4 is 22.5 Å². The lowest BCUT2D eigenvalue weighted by atomic mass is 10.0. The SMILES string of the molecule is CC1CCCN(C(=O)Nc2cccc3ccncc23)C1. The summed E-state index contributed by atoms with van der Waals surface area (Å²) in [6.45, 7) is 3.88. The van der Waals surface area contributed by atoms with Gasteiger partial charge in [-0.25, -0.2) is 4.79 Å². The summed E-state index contributed by atoms with van der Waals surface area (Å²) in [5.74, 6) is 0.587. The molecule has 104 valence electrons. The Bertz CT molecular complexity index is 621. The maximum absolute atomic E-state index is 12.4. The van der Waals surface area contributed by atoms with Gasteiger partial charge in [-0.05, 0) is 36.3 Å². The molecule has 0 bridgehead atoms. The van der Waals surface area contributed by atoms with E-state index in [0.717, 1.165) is 36.0 Å². The minimum absolute atomic E-state index is 0.00657. The zero-order chi connectivity index (χ0) is 13.9. The van der Waals surface area contributed by atoms with Gasteiger partial charge in [-0.1, -0.05) is 19.1 Å². The van der Waals surface area contributed by atoms with Crippen LogP contribution < -0.4 is 5.32 Å². The van der Waals surface area contributed by atoms with Crippen LogP contribution in [0.4, 0.5) is 10.5 Å². The van der Waals surface area contributed by atoms with Gasteiger partial charge < -0.3 is 10.2 Å². The lowest BCUT2D eigenvalue weighted by Crippen LogP contribution is -2.41. The van der Waals surface area contributed by atoms with E-state index in [4.69, 9.17) is 0 Å². The van der Waals surface area contributed by atoms with Gasteiger partial charge in [0, 0.05) is 30.9 Å². The number of piperidine rings is 1. The van der Waals surface area contributed by atoms with Gasteiger partial charge in [0.2, 0.25) is 0 Å². The van der Waals surface area contributed by atoms with Gasteiger partial charge in [0.25, 0.3) is 0 Å². The Morgan fingerprint density at radius 2 is 2.30 bits per heavy atom. The Morgan fingerprint density at radius 1 is 1.40 bits per heavy atom. The highest BCUT2D eigenvalue weighted by atomic mass is 16.2. The zero-order valence-corrected chi connectivity index (χ0v) is 11.7. The second-order valence-electron chi connectivity index (χ2n) is 5.53. The van der Waals surface area contributed by atoms with Crippen molar-refractivity contribution in [3.05, 3.63) is 36.7 Å². The van der Waals surface area contributed by atoms with Gasteiger partial charge in [-0.15, -0.1) is 0 Å². The molecule has 1 N–H and O–H groups in total. The van der Waals surface area contributed by atoms with E-state index >= 15 is 0 Å². The van der Waals surface area contributed by atoms with Crippen LogP contribution in [0.15, 0.2) is 36.7 Å². The monoisotopic (exact) mass is 269 g/mol. The maximum Gasteiger partial charge on any atom is 0.321 e. The van der Waals surface area contributed by atoms with E-state index in [2.05, 4.69) is 17.2 Å². The number of urea groups is 1. The molecule has 0 spiro atoms. The molecule has 1 saturated heterocycles. The van der Waals surface area contributed by atoms with Crippen LogP contribution >= 0.6 is 0 Å². The standard InChI is InChI=1S/C16H19N3O/c1-12-4-3-9-19(11-12)16(20)18-15-6-2-5-13-7-8-17-10-14(13)15/h2,5-8,10,12H,3-4,9,11H2,1H3,(H,18,20). The van der Waals surface area contributed by atoms with Crippen molar-refractivity contribution in [3.8, 4) is 0 Å². The molecule has 4 heteroatoms. The van der Waals surface area contributed by atoms with E-state index in [0.29, 0.717) is 5.92 Å². The van der Waals surface area contributed by atoms with Crippen LogP contribution in [0.3, 0.4) is 0 Å². The molecule has 1 aromatic carbocycles. The van der Waals surface area contributed by atoms with Gasteiger partial charge in [0.1, 0.15) is 0 Å². The number of hydrogen-bond acceptors (Lipinski definition) is 2. The van der Waals surface area contributed by atoms with E-state index in [-0.39, 0.29) is 6.03 Å². The Labute approximate surface area is 118 Å². The normalized spacial score (nSPS) is 19.1. The van der Waals surface area contributed by atoms with E-state index in [1.807, 2.05) is 29.2 Å². The minimum Gasteiger partial charge on any atom is -0.324 e. The molecule has 20 heavy (non-hydrogen) atoms. The number of nitrogens with zero attached hydrogens (tertiary/aromatic N) is 2. The summed E-state index contributed by atoms with van der Waals surface area (Å²) in [6.07, 6.45) is 5.86. The Balaban J connectivity index is 1.80. The van der Waals surface area contributed by atoms with Crippen LogP contribution in [-0.2, 0) is 0 Å². The smallest absolute Gasteiger partial charge is 0.321 e. The number of amides is 2. The largest absolute Gasteiger partial charge is 0.324 e. The lowest BCUT2D eigenvalue weighted by Gasteiger charge is -2.31. The molecule has 1 atom stereocenters.